The Kier molecular flexibility index (Phi) is 3.52. The molecule has 5 heteroatoms. The normalized spacial score (nSPS) is 10.1. The van der Waals surface area contributed by atoms with Gasteiger partial charge in [0.05, 0.1) is 11.4 Å². The number of hydrogen-bond acceptors (Lipinski definition) is 2. The van der Waals surface area contributed by atoms with Crippen molar-refractivity contribution in [3.63, 3.8) is 0 Å². The molecule has 0 fully saturated rings. The Bertz CT molecular complexity index is 578. The molecule has 0 aliphatic heterocycles. The number of anilines is 1. The van der Waals surface area contributed by atoms with E-state index < -0.39 is 5.82 Å². The van der Waals surface area contributed by atoms with E-state index in [1.54, 1.807) is 30.5 Å². The molecule has 1 aromatic heterocycles. The molecule has 0 atom stereocenters. The van der Waals surface area contributed by atoms with Gasteiger partial charge in [-0.2, -0.15) is 0 Å². The highest BCUT2D eigenvalue weighted by molar-refractivity contribution is 5.91. The smallest absolute Gasteiger partial charge is 0.244 e. The predicted molar refractivity (Wildman–Crippen MR) is 64.8 cm³/mol. The monoisotopic (exact) mass is 246 g/mol. The number of aldehydes is 1. The number of para-hydroxylation sites is 1. The van der Waals surface area contributed by atoms with E-state index in [0.29, 0.717) is 12.0 Å². The molecule has 0 unspecified atom stereocenters. The molecule has 92 valence electrons. The highest BCUT2D eigenvalue weighted by atomic mass is 19.1. The van der Waals surface area contributed by atoms with Gasteiger partial charge in [-0.25, -0.2) is 4.39 Å². The van der Waals surface area contributed by atoms with E-state index in [9.17, 15) is 14.0 Å². The molecule has 4 nitrogen and oxygen atoms in total. The average molecular weight is 246 g/mol. The molecule has 1 N–H and O–H groups in total. The van der Waals surface area contributed by atoms with Crippen molar-refractivity contribution in [2.24, 2.45) is 0 Å². The molecule has 0 saturated carbocycles. The third-order valence-electron chi connectivity index (χ3n) is 2.45. The minimum Gasteiger partial charge on any atom is -0.336 e. The fourth-order valence-corrected chi connectivity index (χ4v) is 1.59. The van der Waals surface area contributed by atoms with Gasteiger partial charge in [0.2, 0.25) is 5.91 Å². The molecular formula is C13H11FN2O2. The Morgan fingerprint density at radius 1 is 1.28 bits per heavy atom. The molecule has 1 aromatic carbocycles. The molecule has 2 rings (SSSR count). The largest absolute Gasteiger partial charge is 0.336 e. The van der Waals surface area contributed by atoms with Crippen molar-refractivity contribution < 1.29 is 14.0 Å². The van der Waals surface area contributed by atoms with Crippen molar-refractivity contribution in [1.29, 1.82) is 0 Å². The fourth-order valence-electron chi connectivity index (χ4n) is 1.59. The lowest BCUT2D eigenvalue weighted by atomic mass is 10.3. The van der Waals surface area contributed by atoms with Crippen molar-refractivity contribution in [3.8, 4) is 0 Å². The molecule has 1 heterocycles. The van der Waals surface area contributed by atoms with Crippen LogP contribution in [0.1, 0.15) is 10.5 Å². The van der Waals surface area contributed by atoms with E-state index >= 15 is 0 Å². The summed E-state index contributed by atoms with van der Waals surface area (Å²) in [6.45, 7) is -0.0323. The summed E-state index contributed by atoms with van der Waals surface area (Å²) in [5.41, 5.74) is 0.529. The van der Waals surface area contributed by atoms with E-state index in [0.717, 1.165) is 0 Å². The topological polar surface area (TPSA) is 51.1 Å². The fraction of sp³-hybridized carbons (Fsp3) is 0.0769. The van der Waals surface area contributed by atoms with Crippen molar-refractivity contribution in [3.05, 3.63) is 54.1 Å². The van der Waals surface area contributed by atoms with Gasteiger partial charge in [0, 0.05) is 6.20 Å². The van der Waals surface area contributed by atoms with E-state index in [4.69, 9.17) is 0 Å². The van der Waals surface area contributed by atoms with Gasteiger partial charge in [-0.3, -0.25) is 9.59 Å². The van der Waals surface area contributed by atoms with Gasteiger partial charge >= 0.3 is 0 Å². The van der Waals surface area contributed by atoms with Crippen LogP contribution in [0.3, 0.4) is 0 Å². The molecule has 0 radical (unpaired) electrons. The number of hydrogen-bond donors (Lipinski definition) is 1. The second kappa shape index (κ2) is 5.27. The van der Waals surface area contributed by atoms with Gasteiger partial charge in [-0.05, 0) is 24.3 Å². The van der Waals surface area contributed by atoms with Gasteiger partial charge in [0.1, 0.15) is 12.4 Å². The minimum absolute atomic E-state index is 0.0323. The maximum Gasteiger partial charge on any atom is 0.244 e. The predicted octanol–water partition coefficient (Wildman–Crippen LogP) is 2.08. The molecule has 0 aliphatic carbocycles. The van der Waals surface area contributed by atoms with Crippen molar-refractivity contribution in [2.75, 3.05) is 5.32 Å². The van der Waals surface area contributed by atoms with Crippen molar-refractivity contribution in [2.45, 2.75) is 6.54 Å². The minimum atomic E-state index is -0.492. The van der Waals surface area contributed by atoms with Gasteiger partial charge in [0.25, 0.3) is 0 Å². The maximum atomic E-state index is 13.3. The van der Waals surface area contributed by atoms with Gasteiger partial charge in [0.15, 0.2) is 6.29 Å². The Morgan fingerprint density at radius 2 is 2.06 bits per heavy atom. The number of carbonyl (C=O) groups excluding carboxylic acids is 2. The first-order chi connectivity index (χ1) is 8.70. The molecule has 0 spiro atoms. The molecule has 0 aliphatic rings. The first-order valence-corrected chi connectivity index (χ1v) is 5.35. The zero-order chi connectivity index (χ0) is 13.0. The van der Waals surface area contributed by atoms with Gasteiger partial charge in [-0.15, -0.1) is 0 Å². The molecular weight excluding hydrogens is 235 g/mol. The lowest BCUT2D eigenvalue weighted by molar-refractivity contribution is -0.116. The average Bonchev–Trinajstić information content (AvgIpc) is 2.79. The van der Waals surface area contributed by atoms with Crippen molar-refractivity contribution in [1.82, 2.24) is 4.57 Å². The first kappa shape index (κ1) is 12.0. The summed E-state index contributed by atoms with van der Waals surface area (Å²) < 4.78 is 14.8. The molecule has 1 amide bonds. The van der Waals surface area contributed by atoms with E-state index in [1.807, 2.05) is 0 Å². The maximum absolute atomic E-state index is 13.3. The van der Waals surface area contributed by atoms with E-state index in [-0.39, 0.29) is 18.1 Å². The second-order valence-corrected chi connectivity index (χ2v) is 3.71. The van der Waals surface area contributed by atoms with Crippen LogP contribution >= 0.6 is 0 Å². The SMILES string of the molecule is O=Cc1cccn1CC(=O)Nc1ccccc1F. The van der Waals surface area contributed by atoms with Crippen LogP contribution in [-0.2, 0) is 11.3 Å². The summed E-state index contributed by atoms with van der Waals surface area (Å²) in [6, 6.07) is 9.18. The standard InChI is InChI=1S/C13H11FN2O2/c14-11-5-1-2-6-12(11)15-13(18)8-16-7-3-4-10(16)9-17/h1-7,9H,8H2,(H,15,18). The number of carbonyl (C=O) groups is 2. The summed E-state index contributed by atoms with van der Waals surface area (Å²) in [5.74, 6) is -0.881. The Hall–Kier alpha value is -2.43. The van der Waals surface area contributed by atoms with Crippen LogP contribution in [0.5, 0.6) is 0 Å². The van der Waals surface area contributed by atoms with Crippen LogP contribution in [-0.4, -0.2) is 16.8 Å². The number of benzene rings is 1. The Morgan fingerprint density at radius 3 is 2.78 bits per heavy atom. The van der Waals surface area contributed by atoms with Gasteiger partial charge < -0.3 is 9.88 Å². The third kappa shape index (κ3) is 2.63. The highest BCUT2D eigenvalue weighted by Gasteiger charge is 2.08. The van der Waals surface area contributed by atoms with Gasteiger partial charge in [-0.1, -0.05) is 12.1 Å². The summed E-state index contributed by atoms with van der Waals surface area (Å²) in [5, 5.41) is 2.45. The molecule has 0 bridgehead atoms. The van der Waals surface area contributed by atoms with Crippen LogP contribution in [0, 0.1) is 5.82 Å². The molecule has 0 saturated heterocycles. The summed E-state index contributed by atoms with van der Waals surface area (Å²) in [4.78, 5) is 22.4. The molecule has 2 aromatic rings. The second-order valence-electron chi connectivity index (χ2n) is 3.71. The molecule has 18 heavy (non-hydrogen) atoms. The van der Waals surface area contributed by atoms with Crippen LogP contribution in [0.25, 0.3) is 0 Å². The number of halogens is 1. The third-order valence-corrected chi connectivity index (χ3v) is 2.45. The lowest BCUT2D eigenvalue weighted by Gasteiger charge is -2.07. The number of nitrogens with one attached hydrogen (secondary N) is 1. The summed E-state index contributed by atoms with van der Waals surface area (Å²) >= 11 is 0. The Balaban J connectivity index is 2.06. The highest BCUT2D eigenvalue weighted by Crippen LogP contribution is 2.12. The van der Waals surface area contributed by atoms with Crippen LogP contribution in [0.4, 0.5) is 10.1 Å². The number of aromatic nitrogens is 1. The number of rotatable bonds is 4. The van der Waals surface area contributed by atoms with Crippen molar-refractivity contribution >= 4 is 17.9 Å². The van der Waals surface area contributed by atoms with Crippen LogP contribution in [0.2, 0.25) is 0 Å². The van der Waals surface area contributed by atoms with E-state index in [2.05, 4.69) is 5.32 Å². The first-order valence-electron chi connectivity index (χ1n) is 5.35. The summed E-state index contributed by atoms with van der Waals surface area (Å²) in [7, 11) is 0. The quantitative estimate of drug-likeness (QED) is 0.840. The van der Waals surface area contributed by atoms with Crippen LogP contribution in [0.15, 0.2) is 42.6 Å². The zero-order valence-corrected chi connectivity index (χ0v) is 9.47. The summed E-state index contributed by atoms with van der Waals surface area (Å²) in [6.07, 6.45) is 2.28. The van der Waals surface area contributed by atoms with E-state index in [1.165, 1.54) is 16.7 Å². The zero-order valence-electron chi connectivity index (χ0n) is 9.47. The number of amides is 1. The lowest BCUT2D eigenvalue weighted by Crippen LogP contribution is -2.20. The number of nitrogens with zero attached hydrogens (tertiary/aromatic N) is 1. The Labute approximate surface area is 103 Å². The van der Waals surface area contributed by atoms with Crippen LogP contribution < -0.4 is 5.32 Å².